The fraction of sp³-hybridized carbons (Fsp3) is 0.267. The van der Waals surface area contributed by atoms with Gasteiger partial charge in [0.2, 0.25) is 5.75 Å². The molecule has 0 unspecified atom stereocenters. The molecule has 0 fully saturated rings. The number of methoxy groups -OCH3 is 3. The Morgan fingerprint density at radius 2 is 1.81 bits per heavy atom. The molecule has 0 atom stereocenters. The largest absolute Gasteiger partial charge is 0.493 e. The van der Waals surface area contributed by atoms with Gasteiger partial charge in [0.05, 0.1) is 21.3 Å². The Bertz CT molecular complexity index is 585. The molecule has 2 aromatic rings. The first kappa shape index (κ1) is 15.2. The second-order valence-corrected chi connectivity index (χ2v) is 5.01. The Hall–Kier alpha value is -2.21. The summed E-state index contributed by atoms with van der Waals surface area (Å²) in [4.78, 5) is 12.2. The van der Waals surface area contributed by atoms with Crippen molar-refractivity contribution in [2.45, 2.75) is 6.54 Å². The topological polar surface area (TPSA) is 56.8 Å². The molecule has 0 spiro atoms. The van der Waals surface area contributed by atoms with Crippen molar-refractivity contribution in [3.05, 3.63) is 40.1 Å². The van der Waals surface area contributed by atoms with Crippen molar-refractivity contribution in [3.63, 3.8) is 0 Å². The number of hydrogen-bond acceptors (Lipinski definition) is 5. The minimum absolute atomic E-state index is 0.194. The summed E-state index contributed by atoms with van der Waals surface area (Å²) in [5.41, 5.74) is 1.53. The standard InChI is InChI=1S/C15H17NO4S/c1-18-12-6-11(7-13(19-2)14(12)20-3)15(17)16-8-10-4-5-21-9-10/h4-7,9H,8H2,1-3H3,(H,16,17). The fourth-order valence-electron chi connectivity index (χ4n) is 1.89. The molecule has 6 heteroatoms. The molecule has 5 nitrogen and oxygen atoms in total. The van der Waals surface area contributed by atoms with Crippen LogP contribution in [0.4, 0.5) is 0 Å². The number of ether oxygens (including phenoxy) is 3. The molecule has 0 bridgehead atoms. The van der Waals surface area contributed by atoms with Crippen LogP contribution in [0.5, 0.6) is 17.2 Å². The Morgan fingerprint density at radius 1 is 1.14 bits per heavy atom. The van der Waals surface area contributed by atoms with Crippen LogP contribution in [0.25, 0.3) is 0 Å². The second-order valence-electron chi connectivity index (χ2n) is 4.23. The maximum absolute atomic E-state index is 12.2. The number of rotatable bonds is 6. The average Bonchev–Trinajstić information content (AvgIpc) is 3.04. The van der Waals surface area contributed by atoms with Gasteiger partial charge in [0.15, 0.2) is 11.5 Å². The Balaban J connectivity index is 2.20. The predicted octanol–water partition coefficient (Wildman–Crippen LogP) is 2.70. The number of hydrogen-bond donors (Lipinski definition) is 1. The molecule has 1 aromatic heterocycles. The van der Waals surface area contributed by atoms with Crippen LogP contribution >= 0.6 is 11.3 Å². The summed E-state index contributed by atoms with van der Waals surface area (Å²) >= 11 is 1.60. The lowest BCUT2D eigenvalue weighted by molar-refractivity contribution is 0.0950. The first-order chi connectivity index (χ1) is 10.2. The highest BCUT2D eigenvalue weighted by molar-refractivity contribution is 7.07. The highest BCUT2D eigenvalue weighted by Crippen LogP contribution is 2.38. The van der Waals surface area contributed by atoms with E-state index in [0.717, 1.165) is 5.56 Å². The normalized spacial score (nSPS) is 10.0. The van der Waals surface area contributed by atoms with Crippen LogP contribution in [0.1, 0.15) is 15.9 Å². The zero-order valence-electron chi connectivity index (χ0n) is 12.1. The summed E-state index contributed by atoms with van der Waals surface area (Å²) in [5, 5.41) is 6.83. The molecular weight excluding hydrogens is 290 g/mol. The summed E-state index contributed by atoms with van der Waals surface area (Å²) < 4.78 is 15.7. The van der Waals surface area contributed by atoms with Crippen molar-refractivity contribution in [1.29, 1.82) is 0 Å². The molecule has 1 amide bonds. The van der Waals surface area contributed by atoms with Crippen LogP contribution in [0.3, 0.4) is 0 Å². The molecule has 21 heavy (non-hydrogen) atoms. The molecule has 1 heterocycles. The van der Waals surface area contributed by atoms with Gasteiger partial charge in [0.1, 0.15) is 0 Å². The smallest absolute Gasteiger partial charge is 0.251 e. The van der Waals surface area contributed by atoms with Crippen molar-refractivity contribution in [2.75, 3.05) is 21.3 Å². The molecule has 0 aliphatic heterocycles. The molecule has 0 aliphatic rings. The molecule has 112 valence electrons. The second kappa shape index (κ2) is 6.99. The van der Waals surface area contributed by atoms with Crippen molar-refractivity contribution < 1.29 is 19.0 Å². The molecule has 0 radical (unpaired) electrons. The Morgan fingerprint density at radius 3 is 2.29 bits per heavy atom. The zero-order chi connectivity index (χ0) is 15.2. The average molecular weight is 307 g/mol. The van der Waals surface area contributed by atoms with E-state index in [4.69, 9.17) is 14.2 Å². The van der Waals surface area contributed by atoms with E-state index in [1.807, 2.05) is 16.8 Å². The highest BCUT2D eigenvalue weighted by Gasteiger charge is 2.16. The van der Waals surface area contributed by atoms with E-state index < -0.39 is 0 Å². The Kier molecular flexibility index (Phi) is 5.05. The van der Waals surface area contributed by atoms with Crippen LogP contribution in [0.15, 0.2) is 29.0 Å². The third-order valence-electron chi connectivity index (χ3n) is 2.96. The summed E-state index contributed by atoms with van der Waals surface area (Å²) in [5.74, 6) is 1.19. The minimum Gasteiger partial charge on any atom is -0.493 e. The van der Waals surface area contributed by atoms with Gasteiger partial charge >= 0.3 is 0 Å². The maximum atomic E-state index is 12.2. The Labute approximate surface area is 127 Å². The lowest BCUT2D eigenvalue weighted by Crippen LogP contribution is -2.22. The first-order valence-electron chi connectivity index (χ1n) is 6.29. The van der Waals surface area contributed by atoms with E-state index in [2.05, 4.69) is 5.32 Å². The number of amides is 1. The van der Waals surface area contributed by atoms with Gasteiger partial charge in [-0.05, 0) is 34.5 Å². The number of carbonyl (C=O) groups is 1. The zero-order valence-corrected chi connectivity index (χ0v) is 13.0. The van der Waals surface area contributed by atoms with Gasteiger partial charge < -0.3 is 19.5 Å². The minimum atomic E-state index is -0.194. The third kappa shape index (κ3) is 3.46. The van der Waals surface area contributed by atoms with E-state index in [0.29, 0.717) is 29.4 Å². The summed E-state index contributed by atoms with van der Waals surface area (Å²) in [6.07, 6.45) is 0. The van der Waals surface area contributed by atoms with Crippen molar-refractivity contribution in [1.82, 2.24) is 5.32 Å². The van der Waals surface area contributed by atoms with Crippen molar-refractivity contribution >= 4 is 17.2 Å². The maximum Gasteiger partial charge on any atom is 0.251 e. The number of carbonyl (C=O) groups excluding carboxylic acids is 1. The van der Waals surface area contributed by atoms with Gasteiger partial charge in [-0.25, -0.2) is 0 Å². The van der Waals surface area contributed by atoms with Crippen LogP contribution in [-0.2, 0) is 6.54 Å². The van der Waals surface area contributed by atoms with Crippen LogP contribution in [-0.4, -0.2) is 27.2 Å². The van der Waals surface area contributed by atoms with Gasteiger partial charge in [-0.1, -0.05) is 0 Å². The summed E-state index contributed by atoms with van der Waals surface area (Å²) in [7, 11) is 4.56. The number of benzene rings is 1. The molecule has 1 aromatic carbocycles. The molecule has 2 rings (SSSR count). The lowest BCUT2D eigenvalue weighted by atomic mass is 10.1. The van der Waals surface area contributed by atoms with Crippen LogP contribution in [0, 0.1) is 0 Å². The van der Waals surface area contributed by atoms with Crippen molar-refractivity contribution in [3.8, 4) is 17.2 Å². The number of nitrogens with one attached hydrogen (secondary N) is 1. The van der Waals surface area contributed by atoms with E-state index in [1.54, 1.807) is 23.5 Å². The lowest BCUT2D eigenvalue weighted by Gasteiger charge is -2.14. The quantitative estimate of drug-likeness (QED) is 0.891. The van der Waals surface area contributed by atoms with E-state index in [1.165, 1.54) is 21.3 Å². The number of thiophene rings is 1. The SMILES string of the molecule is COc1cc(C(=O)NCc2ccsc2)cc(OC)c1OC. The fourth-order valence-corrected chi connectivity index (χ4v) is 2.56. The van der Waals surface area contributed by atoms with Crippen LogP contribution < -0.4 is 19.5 Å². The summed E-state index contributed by atoms with van der Waals surface area (Å²) in [6.45, 7) is 0.485. The van der Waals surface area contributed by atoms with Gasteiger partial charge in [-0.15, -0.1) is 0 Å². The van der Waals surface area contributed by atoms with E-state index in [9.17, 15) is 4.79 Å². The molecular formula is C15H17NO4S. The first-order valence-corrected chi connectivity index (χ1v) is 7.23. The monoisotopic (exact) mass is 307 g/mol. The molecule has 0 aliphatic carbocycles. The third-order valence-corrected chi connectivity index (χ3v) is 3.69. The van der Waals surface area contributed by atoms with Gasteiger partial charge in [-0.2, -0.15) is 11.3 Å². The molecule has 0 saturated heterocycles. The van der Waals surface area contributed by atoms with Gasteiger partial charge in [-0.3, -0.25) is 4.79 Å². The van der Waals surface area contributed by atoms with Gasteiger partial charge in [0.25, 0.3) is 5.91 Å². The van der Waals surface area contributed by atoms with Crippen LogP contribution in [0.2, 0.25) is 0 Å². The summed E-state index contributed by atoms with van der Waals surface area (Å²) in [6, 6.07) is 5.23. The highest BCUT2D eigenvalue weighted by atomic mass is 32.1. The molecule has 0 saturated carbocycles. The van der Waals surface area contributed by atoms with E-state index in [-0.39, 0.29) is 5.91 Å². The van der Waals surface area contributed by atoms with E-state index >= 15 is 0 Å². The van der Waals surface area contributed by atoms with Gasteiger partial charge in [0, 0.05) is 12.1 Å². The van der Waals surface area contributed by atoms with Crippen molar-refractivity contribution in [2.24, 2.45) is 0 Å². The molecule has 1 N–H and O–H groups in total. The predicted molar refractivity (Wildman–Crippen MR) is 81.6 cm³/mol.